The number of urea groups is 1. The predicted molar refractivity (Wildman–Crippen MR) is 116 cm³/mol. The largest absolute Gasteiger partial charge is 0.331 e. The maximum atomic E-state index is 13.3. The lowest BCUT2D eigenvalue weighted by Gasteiger charge is -2.41. The maximum absolute atomic E-state index is 13.3. The van der Waals surface area contributed by atoms with Gasteiger partial charge in [0.15, 0.2) is 0 Å². The number of carbonyl (C=O) groups excluding carboxylic acids is 1. The van der Waals surface area contributed by atoms with E-state index >= 15 is 0 Å². The number of hydrogen-bond donors (Lipinski definition) is 1. The number of carbonyl (C=O) groups is 1. The van der Waals surface area contributed by atoms with E-state index in [9.17, 15) is 9.18 Å². The molecule has 29 heavy (non-hydrogen) atoms. The number of amides is 2. The van der Waals surface area contributed by atoms with Crippen molar-refractivity contribution in [2.45, 2.75) is 44.9 Å². The zero-order valence-electron chi connectivity index (χ0n) is 16.7. The maximum Gasteiger partial charge on any atom is 0.319 e. The third-order valence-corrected chi connectivity index (χ3v) is 6.24. The normalized spacial score (nSPS) is 18.3. The second-order valence-electron chi connectivity index (χ2n) is 7.53. The van der Waals surface area contributed by atoms with Crippen LogP contribution in [0.4, 0.5) is 9.18 Å². The van der Waals surface area contributed by atoms with Crippen LogP contribution in [0.5, 0.6) is 0 Å². The zero-order valence-corrected chi connectivity index (χ0v) is 18.2. The van der Waals surface area contributed by atoms with Gasteiger partial charge in [-0.05, 0) is 69.1 Å². The van der Waals surface area contributed by atoms with Crippen molar-refractivity contribution in [2.75, 3.05) is 13.6 Å². The summed E-state index contributed by atoms with van der Waals surface area (Å²) >= 11 is 12.5. The summed E-state index contributed by atoms with van der Waals surface area (Å²) in [5, 5.41) is 3.96. The van der Waals surface area contributed by atoms with Gasteiger partial charge in [-0.25, -0.2) is 9.18 Å². The fraction of sp³-hybridized carbons (Fsp3) is 0.409. The lowest BCUT2D eigenvalue weighted by molar-refractivity contribution is 0.0498. The highest BCUT2D eigenvalue weighted by atomic mass is 35.5. The number of halogens is 3. The Hall–Kier alpha value is -1.82. The third kappa shape index (κ3) is 5.41. The van der Waals surface area contributed by atoms with Gasteiger partial charge < -0.3 is 10.2 Å². The van der Waals surface area contributed by atoms with Gasteiger partial charge >= 0.3 is 6.03 Å². The van der Waals surface area contributed by atoms with Crippen molar-refractivity contribution in [3.8, 4) is 0 Å². The smallest absolute Gasteiger partial charge is 0.319 e. The quantitative estimate of drug-likeness (QED) is 0.636. The van der Waals surface area contributed by atoms with Crippen molar-refractivity contribution in [2.24, 2.45) is 0 Å². The topological polar surface area (TPSA) is 35.6 Å². The molecule has 2 atom stereocenters. The Bertz CT molecular complexity index is 846. The number of likely N-dealkylation sites (tertiary alicyclic amines) is 1. The molecule has 7 heteroatoms. The van der Waals surface area contributed by atoms with Crippen LogP contribution in [-0.2, 0) is 6.54 Å². The molecule has 0 saturated carbocycles. The van der Waals surface area contributed by atoms with Gasteiger partial charge in [0.05, 0.1) is 22.3 Å². The molecule has 2 amide bonds. The van der Waals surface area contributed by atoms with Gasteiger partial charge in [0.2, 0.25) is 0 Å². The van der Waals surface area contributed by atoms with E-state index in [1.54, 1.807) is 18.2 Å². The summed E-state index contributed by atoms with van der Waals surface area (Å²) in [6.07, 6.45) is 3.07. The molecule has 0 spiro atoms. The minimum atomic E-state index is -0.307. The molecular formula is C22H26Cl2FN3O. The molecule has 0 bridgehead atoms. The van der Waals surface area contributed by atoms with Gasteiger partial charge in [-0.15, -0.1) is 0 Å². The van der Waals surface area contributed by atoms with Crippen molar-refractivity contribution in [1.29, 1.82) is 0 Å². The van der Waals surface area contributed by atoms with E-state index in [4.69, 9.17) is 23.2 Å². The molecule has 2 aromatic carbocycles. The number of benzene rings is 2. The number of nitrogens with one attached hydrogen (secondary N) is 1. The Morgan fingerprint density at radius 3 is 2.66 bits per heavy atom. The number of hydrogen-bond acceptors (Lipinski definition) is 2. The SMILES string of the molecule is CC(NC(=O)N(Cc1ccc(F)cc1)C1CCCCN1C)c1cccc(Cl)c1Cl. The van der Waals surface area contributed by atoms with E-state index in [2.05, 4.69) is 10.2 Å². The molecule has 3 rings (SSSR count). The molecule has 156 valence electrons. The van der Waals surface area contributed by atoms with Crippen LogP contribution in [-0.4, -0.2) is 35.6 Å². The highest BCUT2D eigenvalue weighted by molar-refractivity contribution is 6.42. The van der Waals surface area contributed by atoms with Crippen LogP contribution < -0.4 is 5.32 Å². The number of nitrogens with zero attached hydrogens (tertiary/aromatic N) is 2. The second-order valence-corrected chi connectivity index (χ2v) is 8.31. The minimum Gasteiger partial charge on any atom is -0.331 e. The number of rotatable bonds is 5. The summed E-state index contributed by atoms with van der Waals surface area (Å²) in [5.41, 5.74) is 1.65. The summed E-state index contributed by atoms with van der Waals surface area (Å²) in [7, 11) is 2.03. The Labute approximate surface area is 181 Å². The summed E-state index contributed by atoms with van der Waals surface area (Å²) in [6.45, 7) is 3.22. The molecule has 1 N–H and O–H groups in total. The molecular weight excluding hydrogens is 412 g/mol. The van der Waals surface area contributed by atoms with E-state index in [1.165, 1.54) is 12.1 Å². The van der Waals surface area contributed by atoms with Crippen LogP contribution in [0.2, 0.25) is 10.0 Å². The standard InChI is InChI=1S/C22H26Cl2FN3O/c1-15(18-6-5-7-19(23)21(18)24)26-22(29)28(20-8-3-4-13-27(20)2)14-16-9-11-17(25)12-10-16/h5-7,9-12,15,20H,3-4,8,13-14H2,1-2H3,(H,26,29). The lowest BCUT2D eigenvalue weighted by atomic mass is 10.1. The highest BCUT2D eigenvalue weighted by Gasteiger charge is 2.30. The van der Waals surface area contributed by atoms with Gasteiger partial charge in [0.25, 0.3) is 0 Å². The Morgan fingerprint density at radius 2 is 1.97 bits per heavy atom. The minimum absolute atomic E-state index is 0.0177. The van der Waals surface area contributed by atoms with Crippen LogP contribution in [0.1, 0.15) is 43.4 Å². The van der Waals surface area contributed by atoms with Gasteiger partial charge in [-0.3, -0.25) is 4.90 Å². The van der Waals surface area contributed by atoms with Crippen molar-refractivity contribution in [3.05, 3.63) is 69.5 Å². The molecule has 1 aliphatic rings. The summed E-state index contributed by atoms with van der Waals surface area (Å²) in [5.74, 6) is -0.288. The van der Waals surface area contributed by atoms with Crippen molar-refractivity contribution >= 4 is 29.2 Å². The molecule has 1 saturated heterocycles. The first-order valence-electron chi connectivity index (χ1n) is 9.82. The molecule has 4 nitrogen and oxygen atoms in total. The van der Waals surface area contributed by atoms with Crippen LogP contribution in [0, 0.1) is 5.82 Å². The summed E-state index contributed by atoms with van der Waals surface area (Å²) in [6, 6.07) is 11.2. The second kappa shape index (κ2) is 9.79. The molecule has 1 fully saturated rings. The van der Waals surface area contributed by atoms with Gasteiger partial charge in [0.1, 0.15) is 5.82 Å². The fourth-order valence-corrected chi connectivity index (χ4v) is 4.22. The van der Waals surface area contributed by atoms with Crippen molar-refractivity contribution in [1.82, 2.24) is 15.1 Å². The highest BCUT2D eigenvalue weighted by Crippen LogP contribution is 2.30. The van der Waals surface area contributed by atoms with E-state index in [-0.39, 0.29) is 24.1 Å². The fourth-order valence-electron chi connectivity index (χ4n) is 3.75. The number of piperidine rings is 1. The van der Waals surface area contributed by atoms with E-state index < -0.39 is 0 Å². The first-order chi connectivity index (χ1) is 13.9. The first kappa shape index (κ1) is 21.9. The molecule has 0 aromatic heterocycles. The Balaban J connectivity index is 1.81. The average Bonchev–Trinajstić information content (AvgIpc) is 2.70. The third-order valence-electron chi connectivity index (χ3n) is 5.41. The van der Waals surface area contributed by atoms with Crippen LogP contribution in [0.3, 0.4) is 0 Å². The van der Waals surface area contributed by atoms with E-state index in [0.29, 0.717) is 16.6 Å². The molecule has 2 unspecified atom stereocenters. The Morgan fingerprint density at radius 1 is 1.24 bits per heavy atom. The molecule has 1 aliphatic heterocycles. The van der Waals surface area contributed by atoms with Crippen molar-refractivity contribution < 1.29 is 9.18 Å². The van der Waals surface area contributed by atoms with Crippen LogP contribution >= 0.6 is 23.2 Å². The van der Waals surface area contributed by atoms with E-state index in [0.717, 1.165) is 36.9 Å². The monoisotopic (exact) mass is 437 g/mol. The average molecular weight is 438 g/mol. The summed E-state index contributed by atoms with van der Waals surface area (Å²) in [4.78, 5) is 17.3. The molecule has 0 aliphatic carbocycles. The van der Waals surface area contributed by atoms with Gasteiger partial charge in [-0.2, -0.15) is 0 Å². The molecule has 1 heterocycles. The van der Waals surface area contributed by atoms with Crippen LogP contribution in [0.15, 0.2) is 42.5 Å². The van der Waals surface area contributed by atoms with Crippen molar-refractivity contribution in [3.63, 3.8) is 0 Å². The van der Waals surface area contributed by atoms with Gasteiger partial charge in [0, 0.05) is 6.54 Å². The Kier molecular flexibility index (Phi) is 7.38. The summed E-state index contributed by atoms with van der Waals surface area (Å²) < 4.78 is 13.3. The molecule has 2 aromatic rings. The van der Waals surface area contributed by atoms with E-state index in [1.807, 2.05) is 31.0 Å². The lowest BCUT2D eigenvalue weighted by Crippen LogP contribution is -2.54. The van der Waals surface area contributed by atoms with Crippen LogP contribution in [0.25, 0.3) is 0 Å². The predicted octanol–water partition coefficient (Wildman–Crippen LogP) is 5.85. The molecule has 0 radical (unpaired) electrons. The van der Waals surface area contributed by atoms with Gasteiger partial charge in [-0.1, -0.05) is 47.5 Å². The first-order valence-corrected chi connectivity index (χ1v) is 10.6. The zero-order chi connectivity index (χ0) is 21.0.